The lowest BCUT2D eigenvalue weighted by Crippen LogP contribution is -2.37. The largest absolute Gasteiger partial charge is 0.451 e. The number of nitrogens with one attached hydrogen (secondary N) is 2. The zero-order valence-electron chi connectivity index (χ0n) is 15.3. The van der Waals surface area contributed by atoms with E-state index in [9.17, 15) is 9.59 Å². The van der Waals surface area contributed by atoms with E-state index in [2.05, 4.69) is 16.6 Å². The van der Waals surface area contributed by atoms with Crippen LogP contribution in [0.4, 0.5) is 0 Å². The van der Waals surface area contributed by atoms with Crippen LogP contribution < -0.4 is 10.6 Å². The fourth-order valence-electron chi connectivity index (χ4n) is 3.31. The van der Waals surface area contributed by atoms with E-state index in [-0.39, 0.29) is 24.9 Å². The van der Waals surface area contributed by atoms with Gasteiger partial charge in [0.2, 0.25) is 5.91 Å². The molecule has 0 unspecified atom stereocenters. The van der Waals surface area contributed by atoms with Crippen molar-refractivity contribution in [1.29, 1.82) is 0 Å². The highest BCUT2D eigenvalue weighted by Crippen LogP contribution is 2.34. The summed E-state index contributed by atoms with van der Waals surface area (Å²) in [6.07, 6.45) is 11.5. The molecule has 1 saturated carbocycles. The number of hydrogen-bond donors (Lipinski definition) is 2. The lowest BCUT2D eigenvalue weighted by atomic mass is 10.0. The van der Waals surface area contributed by atoms with Gasteiger partial charge in [-0.3, -0.25) is 9.59 Å². The second kappa shape index (κ2) is 9.52. The Balaban J connectivity index is 1.72. The number of carbonyl (C=O) groups excluding carboxylic acids is 2. The fourth-order valence-corrected chi connectivity index (χ4v) is 4.67. The van der Waals surface area contributed by atoms with E-state index in [1.54, 1.807) is 0 Å². The predicted molar refractivity (Wildman–Crippen MR) is 109 cm³/mol. The van der Waals surface area contributed by atoms with Crippen LogP contribution in [0.2, 0.25) is 0 Å². The van der Waals surface area contributed by atoms with E-state index in [0.717, 1.165) is 16.7 Å². The Morgan fingerprint density at radius 2 is 1.96 bits per heavy atom. The summed E-state index contributed by atoms with van der Waals surface area (Å²) in [5, 5.41) is 6.75. The monoisotopic (exact) mass is 384 g/mol. The number of benzene rings is 1. The zero-order chi connectivity index (χ0) is 19.1. The molecule has 142 valence electrons. The number of terminal acetylenes is 1. The molecule has 0 aliphatic heterocycles. The minimum Gasteiger partial charge on any atom is -0.451 e. The van der Waals surface area contributed by atoms with Crippen LogP contribution in [0.1, 0.15) is 48.2 Å². The summed E-state index contributed by atoms with van der Waals surface area (Å²) in [5.41, 5.74) is 1.60. The first-order valence-electron chi connectivity index (χ1n) is 9.29. The summed E-state index contributed by atoms with van der Waals surface area (Å²) in [5.74, 6) is 2.65. The van der Waals surface area contributed by atoms with Gasteiger partial charge in [-0.2, -0.15) is 11.8 Å². The predicted octanol–water partition coefficient (Wildman–Crippen LogP) is 3.48. The van der Waals surface area contributed by atoms with Crippen LogP contribution in [0.25, 0.3) is 11.0 Å². The van der Waals surface area contributed by atoms with Gasteiger partial charge in [-0.1, -0.05) is 43.4 Å². The van der Waals surface area contributed by atoms with Crippen LogP contribution in [0.15, 0.2) is 28.7 Å². The standard InChI is InChI=1S/C21H24N2O3S/c1-2-12-22-19(24)13-23-21(25)20-17(14-27-15-8-4-3-5-9-15)16-10-6-7-11-18(16)26-20/h1,6-7,10-11,15H,3-5,8-9,12-14H2,(H,22,24)(H,23,25). The molecule has 27 heavy (non-hydrogen) atoms. The Morgan fingerprint density at radius 3 is 2.74 bits per heavy atom. The number of rotatable bonds is 7. The summed E-state index contributed by atoms with van der Waals surface area (Å²) in [4.78, 5) is 24.3. The third kappa shape index (κ3) is 5.08. The van der Waals surface area contributed by atoms with Crippen molar-refractivity contribution in [2.24, 2.45) is 0 Å². The van der Waals surface area contributed by atoms with Gasteiger partial charge >= 0.3 is 0 Å². The first kappa shape index (κ1) is 19.4. The maximum absolute atomic E-state index is 12.6. The number of amides is 2. The lowest BCUT2D eigenvalue weighted by Gasteiger charge is -2.20. The van der Waals surface area contributed by atoms with Crippen LogP contribution in [-0.2, 0) is 10.5 Å². The molecule has 5 nitrogen and oxygen atoms in total. The third-order valence-corrected chi connectivity index (χ3v) is 6.12. The number of carbonyl (C=O) groups is 2. The van der Waals surface area contributed by atoms with E-state index in [0.29, 0.717) is 16.6 Å². The van der Waals surface area contributed by atoms with Crippen molar-refractivity contribution in [3.63, 3.8) is 0 Å². The Morgan fingerprint density at radius 1 is 1.19 bits per heavy atom. The summed E-state index contributed by atoms with van der Waals surface area (Å²) in [6.45, 7) is 0.00931. The maximum atomic E-state index is 12.6. The van der Waals surface area contributed by atoms with Crippen molar-refractivity contribution in [3.05, 3.63) is 35.6 Å². The number of para-hydroxylation sites is 1. The van der Waals surface area contributed by atoms with Crippen LogP contribution in [0.5, 0.6) is 0 Å². The molecule has 1 aromatic carbocycles. The highest BCUT2D eigenvalue weighted by Gasteiger charge is 2.22. The van der Waals surface area contributed by atoms with Crippen molar-refractivity contribution < 1.29 is 14.0 Å². The van der Waals surface area contributed by atoms with Gasteiger partial charge in [0.1, 0.15) is 5.58 Å². The number of fused-ring (bicyclic) bond motifs is 1. The van der Waals surface area contributed by atoms with E-state index < -0.39 is 0 Å². The van der Waals surface area contributed by atoms with Gasteiger partial charge in [-0.25, -0.2) is 0 Å². The Labute approximate surface area is 163 Å². The second-order valence-electron chi connectivity index (χ2n) is 6.64. The minimum absolute atomic E-state index is 0.132. The first-order chi connectivity index (χ1) is 13.2. The normalized spacial score (nSPS) is 14.6. The zero-order valence-corrected chi connectivity index (χ0v) is 16.1. The Kier molecular flexibility index (Phi) is 6.83. The average molecular weight is 385 g/mol. The molecule has 2 N–H and O–H groups in total. The van der Waals surface area contributed by atoms with Crippen molar-refractivity contribution in [2.45, 2.75) is 43.1 Å². The molecule has 0 spiro atoms. The smallest absolute Gasteiger partial charge is 0.287 e. The van der Waals surface area contributed by atoms with Gasteiger partial charge in [0.05, 0.1) is 13.1 Å². The van der Waals surface area contributed by atoms with Crippen molar-refractivity contribution in [3.8, 4) is 12.3 Å². The summed E-state index contributed by atoms with van der Waals surface area (Å²) < 4.78 is 5.82. The first-order valence-corrected chi connectivity index (χ1v) is 10.3. The number of hydrogen-bond acceptors (Lipinski definition) is 4. The van der Waals surface area contributed by atoms with E-state index in [4.69, 9.17) is 10.8 Å². The molecule has 1 aliphatic carbocycles. The van der Waals surface area contributed by atoms with Gasteiger partial charge in [-0.15, -0.1) is 6.42 Å². The average Bonchev–Trinajstić information content (AvgIpc) is 3.08. The lowest BCUT2D eigenvalue weighted by molar-refractivity contribution is -0.119. The molecule has 1 aliphatic rings. The molecule has 2 aromatic rings. The van der Waals surface area contributed by atoms with Gasteiger partial charge < -0.3 is 15.1 Å². The minimum atomic E-state index is -0.374. The van der Waals surface area contributed by atoms with Gasteiger partial charge in [0, 0.05) is 22.0 Å². The maximum Gasteiger partial charge on any atom is 0.287 e. The van der Waals surface area contributed by atoms with Crippen molar-refractivity contribution >= 4 is 34.5 Å². The van der Waals surface area contributed by atoms with Gasteiger partial charge in [-0.05, 0) is 18.9 Å². The summed E-state index contributed by atoms with van der Waals surface area (Å²) >= 11 is 1.90. The summed E-state index contributed by atoms with van der Waals surface area (Å²) in [7, 11) is 0. The third-order valence-electron chi connectivity index (χ3n) is 4.72. The fraction of sp³-hybridized carbons (Fsp3) is 0.429. The van der Waals surface area contributed by atoms with Crippen molar-refractivity contribution in [1.82, 2.24) is 10.6 Å². The number of thioether (sulfide) groups is 1. The van der Waals surface area contributed by atoms with E-state index in [1.165, 1.54) is 32.1 Å². The molecular formula is C21H24N2O3S. The van der Waals surface area contributed by atoms with Crippen LogP contribution in [0.3, 0.4) is 0 Å². The number of furan rings is 1. The van der Waals surface area contributed by atoms with Crippen LogP contribution in [-0.4, -0.2) is 30.2 Å². The molecule has 1 heterocycles. The highest BCUT2D eigenvalue weighted by atomic mass is 32.2. The van der Waals surface area contributed by atoms with Crippen molar-refractivity contribution in [2.75, 3.05) is 13.1 Å². The van der Waals surface area contributed by atoms with Gasteiger partial charge in [0.25, 0.3) is 5.91 Å². The molecule has 1 fully saturated rings. The summed E-state index contributed by atoms with van der Waals surface area (Å²) in [6, 6.07) is 7.67. The molecule has 0 bridgehead atoms. The quantitative estimate of drug-likeness (QED) is 0.717. The Bertz CT molecular complexity index is 847. The molecule has 6 heteroatoms. The topological polar surface area (TPSA) is 71.3 Å². The SMILES string of the molecule is C#CCNC(=O)CNC(=O)c1oc2ccccc2c1CSC1CCCCC1. The molecule has 2 amide bonds. The van der Waals surface area contributed by atoms with E-state index >= 15 is 0 Å². The van der Waals surface area contributed by atoms with E-state index in [1.807, 2.05) is 36.0 Å². The van der Waals surface area contributed by atoms with Gasteiger partial charge in [0.15, 0.2) is 5.76 Å². The molecule has 3 rings (SSSR count). The Hall–Kier alpha value is -2.39. The second-order valence-corrected chi connectivity index (χ2v) is 7.93. The molecular weight excluding hydrogens is 360 g/mol. The van der Waals surface area contributed by atoms with Crippen LogP contribution in [0, 0.1) is 12.3 Å². The molecule has 0 atom stereocenters. The molecule has 0 saturated heterocycles. The van der Waals surface area contributed by atoms with Crippen LogP contribution >= 0.6 is 11.8 Å². The molecule has 1 aromatic heterocycles. The molecule has 0 radical (unpaired) electrons. The highest BCUT2D eigenvalue weighted by molar-refractivity contribution is 7.99.